The van der Waals surface area contributed by atoms with Crippen LogP contribution in [0.1, 0.15) is 27.2 Å². The van der Waals surface area contributed by atoms with Gasteiger partial charge in [-0.15, -0.1) is 11.3 Å². The highest BCUT2D eigenvalue weighted by Gasteiger charge is 2.41. The zero-order chi connectivity index (χ0) is 22.6. The number of rotatable bonds is 8. The zero-order valence-electron chi connectivity index (χ0n) is 17.5. The number of hydrogen-bond acceptors (Lipinski definition) is 5. The molecule has 1 aromatic carbocycles. The van der Waals surface area contributed by atoms with Gasteiger partial charge in [0.25, 0.3) is 0 Å². The molecule has 0 fully saturated rings. The summed E-state index contributed by atoms with van der Waals surface area (Å²) in [4.78, 5) is 16.9. The molecule has 3 rings (SSSR count). The van der Waals surface area contributed by atoms with E-state index in [-0.39, 0.29) is 13.2 Å². The minimum Gasteiger partial charge on any atom is -0.493 e. The van der Waals surface area contributed by atoms with Gasteiger partial charge in [0.2, 0.25) is 0 Å². The van der Waals surface area contributed by atoms with Crippen LogP contribution in [0.15, 0.2) is 48.8 Å². The van der Waals surface area contributed by atoms with Crippen molar-refractivity contribution in [1.82, 2.24) is 4.98 Å². The third kappa shape index (κ3) is 6.43. The molecule has 3 aromatic rings. The molecule has 0 amide bonds. The van der Waals surface area contributed by atoms with E-state index < -0.39 is 29.9 Å². The Morgan fingerprint density at radius 3 is 2.58 bits per heavy atom. The van der Waals surface area contributed by atoms with Crippen molar-refractivity contribution >= 4 is 27.4 Å². The van der Waals surface area contributed by atoms with Gasteiger partial charge in [-0.3, -0.25) is 9.78 Å². The molecule has 1 unspecified atom stereocenters. The number of fused-ring (bicyclic) bond motifs is 1. The van der Waals surface area contributed by atoms with E-state index in [9.17, 15) is 18.0 Å². The van der Waals surface area contributed by atoms with Crippen molar-refractivity contribution in [1.29, 1.82) is 0 Å². The fraction of sp³-hybridized carbons (Fsp3) is 0.391. The summed E-state index contributed by atoms with van der Waals surface area (Å²) >= 11 is 1.56. The third-order valence-corrected chi connectivity index (χ3v) is 5.83. The van der Waals surface area contributed by atoms with Crippen LogP contribution in [-0.2, 0) is 9.53 Å². The van der Waals surface area contributed by atoms with Gasteiger partial charge in [-0.25, -0.2) is 0 Å². The van der Waals surface area contributed by atoms with E-state index in [0.29, 0.717) is 5.75 Å². The van der Waals surface area contributed by atoms with E-state index in [2.05, 4.69) is 4.98 Å². The number of esters is 1. The summed E-state index contributed by atoms with van der Waals surface area (Å²) in [7, 11) is 0. The molecule has 0 bridgehead atoms. The summed E-state index contributed by atoms with van der Waals surface area (Å²) in [6, 6.07) is 11.3. The SMILES string of the molecule is CC(C)C(=O)OCC(C)(COc1ccc2cc(-c3cccnc3)sc2c1)CC(F)(F)F. The molecule has 0 aliphatic heterocycles. The first-order valence-electron chi connectivity index (χ1n) is 9.85. The molecule has 0 aliphatic carbocycles. The van der Waals surface area contributed by atoms with E-state index in [1.807, 2.05) is 30.3 Å². The van der Waals surface area contributed by atoms with Crippen molar-refractivity contribution in [3.63, 3.8) is 0 Å². The highest BCUT2D eigenvalue weighted by molar-refractivity contribution is 7.22. The maximum absolute atomic E-state index is 13.1. The lowest BCUT2D eigenvalue weighted by molar-refractivity contribution is -0.175. The standard InChI is InChI=1S/C23H24F3NO3S/c1-15(2)21(28)30-14-22(3,12-23(24,25)26)13-29-18-7-6-16-9-19(31-20(16)10-18)17-5-4-8-27-11-17/h4-11,15H,12-14H2,1-3H3. The Morgan fingerprint density at radius 1 is 1.16 bits per heavy atom. The first kappa shape index (κ1) is 23.1. The maximum Gasteiger partial charge on any atom is 0.389 e. The molecule has 0 saturated carbocycles. The molecule has 0 N–H and O–H groups in total. The minimum atomic E-state index is -4.40. The summed E-state index contributed by atoms with van der Waals surface area (Å²) in [5.41, 5.74) is -0.399. The summed E-state index contributed by atoms with van der Waals surface area (Å²) in [5.74, 6) is -0.474. The van der Waals surface area contributed by atoms with Gasteiger partial charge in [0.15, 0.2) is 0 Å². The van der Waals surface area contributed by atoms with E-state index in [1.165, 1.54) is 6.92 Å². The zero-order valence-corrected chi connectivity index (χ0v) is 18.3. The van der Waals surface area contributed by atoms with Gasteiger partial charge in [0, 0.05) is 32.9 Å². The first-order chi connectivity index (χ1) is 14.5. The van der Waals surface area contributed by atoms with Crippen LogP contribution < -0.4 is 4.74 Å². The van der Waals surface area contributed by atoms with Crippen molar-refractivity contribution in [2.24, 2.45) is 11.3 Å². The Morgan fingerprint density at radius 2 is 1.94 bits per heavy atom. The van der Waals surface area contributed by atoms with Gasteiger partial charge in [-0.05, 0) is 35.7 Å². The number of pyridine rings is 1. The highest BCUT2D eigenvalue weighted by atomic mass is 32.1. The van der Waals surface area contributed by atoms with Crippen molar-refractivity contribution in [3.8, 4) is 16.2 Å². The molecule has 0 saturated heterocycles. The van der Waals surface area contributed by atoms with E-state index in [0.717, 1.165) is 20.5 Å². The average molecular weight is 452 g/mol. The van der Waals surface area contributed by atoms with Gasteiger partial charge >= 0.3 is 12.1 Å². The molecule has 8 heteroatoms. The van der Waals surface area contributed by atoms with Gasteiger partial charge in [-0.1, -0.05) is 26.8 Å². The van der Waals surface area contributed by atoms with Crippen LogP contribution in [0.3, 0.4) is 0 Å². The summed E-state index contributed by atoms with van der Waals surface area (Å²) in [6.45, 7) is 4.09. The van der Waals surface area contributed by atoms with Gasteiger partial charge in [0.1, 0.15) is 12.4 Å². The molecule has 2 heterocycles. The van der Waals surface area contributed by atoms with Crippen LogP contribution in [0.5, 0.6) is 5.75 Å². The minimum absolute atomic E-state index is 0.232. The smallest absolute Gasteiger partial charge is 0.389 e. The maximum atomic E-state index is 13.1. The van der Waals surface area contributed by atoms with Crippen LogP contribution in [0.25, 0.3) is 20.5 Å². The molecule has 0 aliphatic rings. The molecule has 1 atom stereocenters. The van der Waals surface area contributed by atoms with Crippen LogP contribution in [-0.4, -0.2) is 30.3 Å². The summed E-state index contributed by atoms with van der Waals surface area (Å²) < 4.78 is 51.2. The van der Waals surface area contributed by atoms with Gasteiger partial charge < -0.3 is 9.47 Å². The number of halogens is 3. The third-order valence-electron chi connectivity index (χ3n) is 4.69. The fourth-order valence-electron chi connectivity index (χ4n) is 3.05. The molecule has 0 radical (unpaired) electrons. The largest absolute Gasteiger partial charge is 0.493 e. The Hall–Kier alpha value is -2.61. The molecule has 166 valence electrons. The fourth-order valence-corrected chi connectivity index (χ4v) is 4.13. The Bertz CT molecular complexity index is 1030. The van der Waals surface area contributed by atoms with Crippen molar-refractivity contribution in [2.75, 3.05) is 13.2 Å². The molecule has 2 aromatic heterocycles. The molecule has 4 nitrogen and oxygen atoms in total. The second-order valence-electron chi connectivity index (χ2n) is 8.21. The lowest BCUT2D eigenvalue weighted by Crippen LogP contribution is -2.36. The molecular formula is C23H24F3NO3S. The second-order valence-corrected chi connectivity index (χ2v) is 9.29. The lowest BCUT2D eigenvalue weighted by Gasteiger charge is -2.30. The highest BCUT2D eigenvalue weighted by Crippen LogP contribution is 2.37. The number of hydrogen-bond donors (Lipinski definition) is 0. The van der Waals surface area contributed by atoms with Crippen molar-refractivity contribution in [2.45, 2.75) is 33.4 Å². The molecule has 31 heavy (non-hydrogen) atoms. The van der Waals surface area contributed by atoms with E-state index in [4.69, 9.17) is 9.47 Å². The average Bonchev–Trinajstić information content (AvgIpc) is 3.13. The van der Waals surface area contributed by atoms with Crippen LogP contribution in [0.2, 0.25) is 0 Å². The quantitative estimate of drug-likeness (QED) is 0.367. The first-order valence-corrected chi connectivity index (χ1v) is 10.7. The predicted octanol–water partition coefficient (Wildman–Crippen LogP) is 6.50. The molecular weight excluding hydrogens is 427 g/mol. The summed E-state index contributed by atoms with van der Waals surface area (Å²) in [6.07, 6.45) is -2.03. The monoisotopic (exact) mass is 451 g/mol. The van der Waals surface area contributed by atoms with Crippen LogP contribution >= 0.6 is 11.3 Å². The number of thiophene rings is 1. The normalized spacial score (nSPS) is 13.9. The van der Waals surface area contributed by atoms with Crippen molar-refractivity contribution < 1.29 is 27.4 Å². The second kappa shape index (κ2) is 9.26. The van der Waals surface area contributed by atoms with Crippen LogP contribution in [0.4, 0.5) is 13.2 Å². The predicted molar refractivity (Wildman–Crippen MR) is 115 cm³/mol. The Kier molecular flexibility index (Phi) is 6.89. The number of alkyl halides is 3. The topological polar surface area (TPSA) is 48.4 Å². The van der Waals surface area contributed by atoms with E-state index >= 15 is 0 Å². The summed E-state index contributed by atoms with van der Waals surface area (Å²) in [5, 5.41) is 1.01. The number of ether oxygens (including phenoxy) is 2. The van der Waals surface area contributed by atoms with Crippen LogP contribution in [0, 0.1) is 11.3 Å². The Labute approximate surface area is 183 Å². The number of carbonyl (C=O) groups is 1. The molecule has 0 spiro atoms. The van der Waals surface area contributed by atoms with E-state index in [1.54, 1.807) is 43.6 Å². The number of nitrogens with zero attached hydrogens (tertiary/aromatic N) is 1. The number of benzene rings is 1. The Balaban J connectivity index is 1.74. The van der Waals surface area contributed by atoms with Gasteiger partial charge in [0.05, 0.1) is 18.9 Å². The number of carbonyl (C=O) groups excluding carboxylic acids is 1. The van der Waals surface area contributed by atoms with Gasteiger partial charge in [-0.2, -0.15) is 13.2 Å². The lowest BCUT2D eigenvalue weighted by atomic mass is 9.88. The number of aromatic nitrogens is 1. The van der Waals surface area contributed by atoms with Crippen molar-refractivity contribution in [3.05, 3.63) is 48.8 Å².